The number of aliphatic hydroxyl groups excluding tert-OH is 1. The maximum atomic E-state index is 13.1. The van der Waals surface area contributed by atoms with Crippen molar-refractivity contribution in [2.75, 3.05) is 20.8 Å². The number of aliphatic imine (C=N–C) groups is 1. The number of hydrogen-bond acceptors (Lipinski definition) is 8. The zero-order chi connectivity index (χ0) is 27.7. The molecule has 8 heteroatoms. The second-order valence-corrected chi connectivity index (χ2v) is 11.9. The molecule has 1 aromatic carbocycles. The minimum absolute atomic E-state index is 0.0389. The van der Waals surface area contributed by atoms with Gasteiger partial charge in [-0.1, -0.05) is 38.9 Å². The minimum atomic E-state index is -0.306. The van der Waals surface area contributed by atoms with Crippen molar-refractivity contribution in [1.29, 1.82) is 0 Å². The van der Waals surface area contributed by atoms with E-state index in [2.05, 4.69) is 5.16 Å². The van der Waals surface area contributed by atoms with Gasteiger partial charge in [0.25, 0.3) is 0 Å². The molecular weight excluding hydrogens is 484 g/mol. The van der Waals surface area contributed by atoms with Crippen molar-refractivity contribution in [3.8, 4) is 11.5 Å². The van der Waals surface area contributed by atoms with Crippen molar-refractivity contribution in [2.24, 2.45) is 15.8 Å². The molecule has 0 atom stereocenters. The topological polar surface area (TPSA) is 111 Å². The van der Waals surface area contributed by atoms with Crippen LogP contribution in [0, 0.1) is 10.8 Å². The smallest absolute Gasteiger partial charge is 0.168 e. The molecule has 0 saturated carbocycles. The number of hydrogen-bond donors (Lipinski definition) is 1. The zero-order valence-electron chi connectivity index (χ0n) is 23.3. The van der Waals surface area contributed by atoms with E-state index < -0.39 is 0 Å². The molecule has 2 aliphatic rings. The highest BCUT2D eigenvalue weighted by molar-refractivity contribution is 6.23. The Bertz CT molecular complexity index is 1300. The highest BCUT2D eigenvalue weighted by Crippen LogP contribution is 2.38. The number of Topliss-reactive ketones (excluding diaryl/α,β-unsaturated/α-hetero) is 2. The fourth-order valence-electron chi connectivity index (χ4n) is 5.48. The molecule has 0 fully saturated rings. The SMILES string of the molecule is COc1ccc(CCN=C(CCc2noc3c2C(=O)CC(C)(C)C3)C2=C(O)CC(C)(C)CC2=O)cc1OC. The summed E-state index contributed by atoms with van der Waals surface area (Å²) in [6, 6.07) is 5.72. The van der Waals surface area contributed by atoms with E-state index in [1.165, 1.54) is 0 Å². The first-order valence-electron chi connectivity index (χ1n) is 13.1. The standard InChI is InChI=1S/C30H38N2O6/c1-29(2)14-21(33)27(22(34)15-29)19(31-12-11-18-7-10-24(36-5)25(13-18)37-6)8-9-20-28-23(35)16-30(3,4)17-26(28)38-32-20/h7,10,13,33H,8-9,11-12,14-17H2,1-6H3. The Hall–Kier alpha value is -3.42. The van der Waals surface area contributed by atoms with E-state index in [1.807, 2.05) is 45.9 Å². The van der Waals surface area contributed by atoms with Gasteiger partial charge in [-0.3, -0.25) is 14.6 Å². The van der Waals surface area contributed by atoms with Crippen LogP contribution in [-0.2, 0) is 24.1 Å². The summed E-state index contributed by atoms with van der Waals surface area (Å²) in [5.41, 5.74) is 2.57. The molecule has 0 bridgehead atoms. The first kappa shape index (κ1) is 27.6. The van der Waals surface area contributed by atoms with Crippen molar-refractivity contribution in [3.05, 3.63) is 52.1 Å². The van der Waals surface area contributed by atoms with Gasteiger partial charge in [-0.25, -0.2) is 0 Å². The second-order valence-electron chi connectivity index (χ2n) is 11.9. The number of aryl methyl sites for hydroxylation is 1. The van der Waals surface area contributed by atoms with Crippen LogP contribution < -0.4 is 9.47 Å². The van der Waals surface area contributed by atoms with E-state index in [-0.39, 0.29) is 28.2 Å². The van der Waals surface area contributed by atoms with E-state index in [1.54, 1.807) is 14.2 Å². The van der Waals surface area contributed by atoms with Crippen LogP contribution in [0.2, 0.25) is 0 Å². The molecule has 0 radical (unpaired) electrons. The van der Waals surface area contributed by atoms with Crippen LogP contribution in [-0.4, -0.2) is 48.3 Å². The Labute approximate surface area is 224 Å². The molecular formula is C30H38N2O6. The van der Waals surface area contributed by atoms with E-state index >= 15 is 0 Å². The van der Waals surface area contributed by atoms with Crippen LogP contribution in [0.5, 0.6) is 11.5 Å². The van der Waals surface area contributed by atoms with Crippen molar-refractivity contribution >= 4 is 17.3 Å². The van der Waals surface area contributed by atoms with Crippen LogP contribution in [0.15, 0.2) is 39.0 Å². The predicted molar refractivity (Wildman–Crippen MR) is 144 cm³/mol. The first-order chi connectivity index (χ1) is 17.9. The number of fused-ring (bicyclic) bond motifs is 1. The number of ether oxygens (including phenoxy) is 2. The molecule has 1 aromatic heterocycles. The molecule has 4 rings (SSSR count). The van der Waals surface area contributed by atoms with Crippen LogP contribution in [0.1, 0.15) is 80.8 Å². The number of benzene rings is 1. The third kappa shape index (κ3) is 6.00. The number of carbonyl (C=O) groups excluding carboxylic acids is 2. The molecule has 0 saturated heterocycles. The lowest BCUT2D eigenvalue weighted by atomic mass is 9.74. The van der Waals surface area contributed by atoms with Gasteiger partial charge in [0, 0.05) is 37.9 Å². The number of allylic oxidation sites excluding steroid dienone is 2. The van der Waals surface area contributed by atoms with Gasteiger partial charge < -0.3 is 19.1 Å². The summed E-state index contributed by atoms with van der Waals surface area (Å²) in [4.78, 5) is 30.8. The van der Waals surface area contributed by atoms with Gasteiger partial charge in [-0.15, -0.1) is 0 Å². The molecule has 38 heavy (non-hydrogen) atoms. The lowest BCUT2D eigenvalue weighted by molar-refractivity contribution is -0.118. The lowest BCUT2D eigenvalue weighted by Gasteiger charge is -2.30. The van der Waals surface area contributed by atoms with Crippen molar-refractivity contribution in [2.45, 2.75) is 72.6 Å². The summed E-state index contributed by atoms with van der Waals surface area (Å²) >= 11 is 0. The number of ketones is 2. The third-order valence-electron chi connectivity index (χ3n) is 7.28. The Morgan fingerprint density at radius 2 is 1.66 bits per heavy atom. The number of aliphatic hydroxyl groups is 1. The number of rotatable bonds is 9. The highest BCUT2D eigenvalue weighted by Gasteiger charge is 2.37. The molecule has 8 nitrogen and oxygen atoms in total. The summed E-state index contributed by atoms with van der Waals surface area (Å²) < 4.78 is 16.3. The van der Waals surface area contributed by atoms with E-state index in [0.717, 1.165) is 5.56 Å². The summed E-state index contributed by atoms with van der Waals surface area (Å²) in [7, 11) is 3.19. The molecule has 204 valence electrons. The van der Waals surface area contributed by atoms with Crippen LogP contribution >= 0.6 is 0 Å². The van der Waals surface area contributed by atoms with Crippen molar-refractivity contribution in [1.82, 2.24) is 5.16 Å². The zero-order valence-corrected chi connectivity index (χ0v) is 23.3. The molecule has 0 unspecified atom stereocenters. The summed E-state index contributed by atoms with van der Waals surface area (Å²) in [6.45, 7) is 8.46. The highest BCUT2D eigenvalue weighted by atomic mass is 16.5. The monoisotopic (exact) mass is 522 g/mol. The van der Waals surface area contributed by atoms with E-state index in [4.69, 9.17) is 19.0 Å². The van der Waals surface area contributed by atoms with Crippen molar-refractivity contribution in [3.63, 3.8) is 0 Å². The quantitative estimate of drug-likeness (QED) is 0.423. The van der Waals surface area contributed by atoms with E-state index in [0.29, 0.717) is 91.3 Å². The Morgan fingerprint density at radius 1 is 0.974 bits per heavy atom. The Kier molecular flexibility index (Phi) is 7.81. The van der Waals surface area contributed by atoms with E-state index in [9.17, 15) is 14.7 Å². The molecule has 0 aliphatic heterocycles. The summed E-state index contributed by atoms with van der Waals surface area (Å²) in [6.07, 6.45) is 3.24. The molecule has 0 spiro atoms. The maximum Gasteiger partial charge on any atom is 0.168 e. The van der Waals surface area contributed by atoms with Gasteiger partial charge in [0.15, 0.2) is 23.1 Å². The largest absolute Gasteiger partial charge is 0.511 e. The van der Waals surface area contributed by atoms with Gasteiger partial charge in [-0.2, -0.15) is 0 Å². The number of aromatic nitrogens is 1. The van der Waals surface area contributed by atoms with Gasteiger partial charge in [0.2, 0.25) is 0 Å². The number of carbonyl (C=O) groups is 2. The summed E-state index contributed by atoms with van der Waals surface area (Å²) in [5, 5.41) is 15.1. The minimum Gasteiger partial charge on any atom is -0.511 e. The second kappa shape index (κ2) is 10.8. The maximum absolute atomic E-state index is 13.1. The Balaban J connectivity index is 1.59. The van der Waals surface area contributed by atoms with Crippen LogP contribution in [0.3, 0.4) is 0 Å². The third-order valence-corrected chi connectivity index (χ3v) is 7.28. The van der Waals surface area contributed by atoms with Crippen LogP contribution in [0.25, 0.3) is 0 Å². The average Bonchev–Trinajstić information content (AvgIpc) is 3.22. The van der Waals surface area contributed by atoms with Gasteiger partial charge in [0.1, 0.15) is 11.5 Å². The van der Waals surface area contributed by atoms with Gasteiger partial charge in [-0.05, 0) is 47.8 Å². The van der Waals surface area contributed by atoms with Crippen molar-refractivity contribution < 1.29 is 28.7 Å². The normalized spacial score (nSPS) is 18.9. The van der Waals surface area contributed by atoms with Crippen LogP contribution in [0.4, 0.5) is 0 Å². The molecule has 1 N–H and O–H groups in total. The average molecular weight is 523 g/mol. The first-order valence-corrected chi connectivity index (χ1v) is 13.1. The fourth-order valence-corrected chi connectivity index (χ4v) is 5.48. The number of methoxy groups -OCH3 is 2. The number of nitrogens with zero attached hydrogens (tertiary/aromatic N) is 2. The lowest BCUT2D eigenvalue weighted by Crippen LogP contribution is -2.30. The predicted octanol–water partition coefficient (Wildman–Crippen LogP) is 5.66. The molecule has 2 aliphatic carbocycles. The summed E-state index contributed by atoms with van der Waals surface area (Å²) in [5.74, 6) is 1.94. The molecule has 0 amide bonds. The molecule has 2 aromatic rings. The van der Waals surface area contributed by atoms with Gasteiger partial charge in [0.05, 0.1) is 31.1 Å². The fraction of sp³-hybridized carbons (Fsp3) is 0.533. The Morgan fingerprint density at radius 3 is 2.34 bits per heavy atom. The molecule has 1 heterocycles. The van der Waals surface area contributed by atoms with Gasteiger partial charge >= 0.3 is 0 Å².